The van der Waals surface area contributed by atoms with Crippen LogP contribution in [0.4, 0.5) is 5.82 Å². The van der Waals surface area contributed by atoms with Gasteiger partial charge in [0, 0.05) is 11.5 Å². The van der Waals surface area contributed by atoms with Crippen molar-refractivity contribution in [2.75, 3.05) is 11.9 Å². The summed E-state index contributed by atoms with van der Waals surface area (Å²) < 4.78 is 0. The lowest BCUT2D eigenvalue weighted by atomic mass is 10.1. The molecule has 0 bridgehead atoms. The van der Waals surface area contributed by atoms with Crippen molar-refractivity contribution in [3.8, 4) is 0 Å². The molecule has 0 radical (unpaired) electrons. The van der Waals surface area contributed by atoms with E-state index in [2.05, 4.69) is 21.4 Å². The molecule has 19 heavy (non-hydrogen) atoms. The van der Waals surface area contributed by atoms with Crippen molar-refractivity contribution in [2.24, 2.45) is 0 Å². The van der Waals surface area contributed by atoms with Crippen molar-refractivity contribution in [1.29, 1.82) is 0 Å². The zero-order chi connectivity index (χ0) is 13.1. The van der Waals surface area contributed by atoms with Gasteiger partial charge in [-0.25, -0.2) is 9.97 Å². The molecular formula is C13H13N3OS2. The van der Waals surface area contributed by atoms with Crippen LogP contribution in [-0.2, 0) is 0 Å². The Kier molecular flexibility index (Phi) is 3.72. The normalized spacial score (nSPS) is 12.7. The third-order valence-corrected chi connectivity index (χ3v) is 4.68. The molecule has 3 rings (SSSR count). The summed E-state index contributed by atoms with van der Waals surface area (Å²) >= 11 is 3.28. The molecule has 0 aromatic carbocycles. The van der Waals surface area contributed by atoms with Gasteiger partial charge in [0.2, 0.25) is 0 Å². The first-order valence-corrected chi connectivity index (χ1v) is 7.73. The second-order valence-electron chi connectivity index (χ2n) is 4.09. The van der Waals surface area contributed by atoms with Crippen molar-refractivity contribution in [1.82, 2.24) is 9.97 Å². The topological polar surface area (TPSA) is 58.0 Å². The van der Waals surface area contributed by atoms with Gasteiger partial charge in [-0.05, 0) is 29.3 Å². The van der Waals surface area contributed by atoms with Gasteiger partial charge in [0.1, 0.15) is 17.0 Å². The maximum absolute atomic E-state index is 9.22. The quantitative estimate of drug-likeness (QED) is 0.757. The molecule has 3 aromatic rings. The van der Waals surface area contributed by atoms with Gasteiger partial charge in [0.05, 0.1) is 11.4 Å². The first-order chi connectivity index (χ1) is 9.38. The fourth-order valence-corrected chi connectivity index (χ4v) is 3.52. The van der Waals surface area contributed by atoms with Gasteiger partial charge in [0.25, 0.3) is 0 Å². The third-order valence-electron chi connectivity index (χ3n) is 2.88. The lowest BCUT2D eigenvalue weighted by Gasteiger charge is -2.17. The molecule has 0 saturated heterocycles. The summed E-state index contributed by atoms with van der Waals surface area (Å²) in [5.41, 5.74) is 0. The van der Waals surface area contributed by atoms with Crippen LogP contribution in [0.5, 0.6) is 0 Å². The number of thiophene rings is 2. The number of hydrogen-bond acceptors (Lipinski definition) is 6. The monoisotopic (exact) mass is 291 g/mol. The van der Waals surface area contributed by atoms with Gasteiger partial charge < -0.3 is 10.4 Å². The molecule has 0 saturated carbocycles. The SMILES string of the molecule is OCCC(Nc1ncnc2sccc12)c1cccs1. The van der Waals surface area contributed by atoms with Gasteiger partial charge in [-0.1, -0.05) is 6.07 Å². The van der Waals surface area contributed by atoms with E-state index in [-0.39, 0.29) is 12.6 Å². The number of nitrogens with zero attached hydrogens (tertiary/aromatic N) is 2. The molecule has 3 aromatic heterocycles. The maximum atomic E-state index is 9.22. The zero-order valence-corrected chi connectivity index (χ0v) is 11.7. The van der Waals surface area contributed by atoms with Crippen molar-refractivity contribution < 1.29 is 5.11 Å². The van der Waals surface area contributed by atoms with Crippen molar-refractivity contribution >= 4 is 38.7 Å². The van der Waals surface area contributed by atoms with Crippen LogP contribution in [0.3, 0.4) is 0 Å². The Morgan fingerprint density at radius 1 is 1.21 bits per heavy atom. The highest BCUT2D eigenvalue weighted by atomic mass is 32.1. The molecule has 0 fully saturated rings. The van der Waals surface area contributed by atoms with E-state index in [1.54, 1.807) is 29.0 Å². The Balaban J connectivity index is 1.91. The number of aliphatic hydroxyl groups excluding tert-OH is 1. The van der Waals surface area contributed by atoms with Gasteiger partial charge in [0.15, 0.2) is 0 Å². The highest BCUT2D eigenvalue weighted by Crippen LogP contribution is 2.30. The molecule has 6 heteroatoms. The van der Waals surface area contributed by atoms with Crippen LogP contribution in [0, 0.1) is 0 Å². The minimum absolute atomic E-state index is 0.0861. The van der Waals surface area contributed by atoms with Crippen LogP contribution in [0.2, 0.25) is 0 Å². The van der Waals surface area contributed by atoms with Crippen molar-refractivity contribution in [3.05, 3.63) is 40.2 Å². The summed E-state index contributed by atoms with van der Waals surface area (Å²) in [6.45, 7) is 0.146. The summed E-state index contributed by atoms with van der Waals surface area (Å²) in [4.78, 5) is 10.7. The molecule has 98 valence electrons. The smallest absolute Gasteiger partial charge is 0.138 e. The van der Waals surface area contributed by atoms with Crippen LogP contribution in [-0.4, -0.2) is 21.7 Å². The number of anilines is 1. The van der Waals surface area contributed by atoms with Crippen LogP contribution in [0.25, 0.3) is 10.2 Å². The van der Waals surface area contributed by atoms with Crippen LogP contribution < -0.4 is 5.32 Å². The number of aliphatic hydroxyl groups is 1. The van der Waals surface area contributed by atoms with E-state index < -0.39 is 0 Å². The highest BCUT2D eigenvalue weighted by molar-refractivity contribution is 7.16. The Bertz CT molecular complexity index is 651. The zero-order valence-electron chi connectivity index (χ0n) is 10.1. The first kappa shape index (κ1) is 12.5. The Hall–Kier alpha value is -1.50. The molecule has 0 aliphatic carbocycles. The number of hydrogen-bond donors (Lipinski definition) is 2. The maximum Gasteiger partial charge on any atom is 0.138 e. The summed E-state index contributed by atoms with van der Waals surface area (Å²) in [5.74, 6) is 0.832. The molecule has 0 amide bonds. The first-order valence-electron chi connectivity index (χ1n) is 5.97. The van der Waals surface area contributed by atoms with E-state index in [0.717, 1.165) is 16.0 Å². The Morgan fingerprint density at radius 2 is 2.16 bits per heavy atom. The lowest BCUT2D eigenvalue weighted by Crippen LogP contribution is -2.12. The summed E-state index contributed by atoms with van der Waals surface area (Å²) in [5, 5.41) is 17.7. The Morgan fingerprint density at radius 3 is 2.95 bits per heavy atom. The number of fused-ring (bicyclic) bond motifs is 1. The molecule has 0 aliphatic rings. The summed E-state index contributed by atoms with van der Waals surface area (Å²) in [7, 11) is 0. The summed E-state index contributed by atoms with van der Waals surface area (Å²) in [6, 6.07) is 6.20. The molecule has 4 nitrogen and oxygen atoms in total. The van der Waals surface area contributed by atoms with E-state index in [0.29, 0.717) is 6.42 Å². The lowest BCUT2D eigenvalue weighted by molar-refractivity contribution is 0.280. The van der Waals surface area contributed by atoms with Crippen LogP contribution in [0.15, 0.2) is 35.3 Å². The second kappa shape index (κ2) is 5.64. The van der Waals surface area contributed by atoms with Gasteiger partial charge in [-0.15, -0.1) is 22.7 Å². The second-order valence-corrected chi connectivity index (χ2v) is 5.96. The predicted molar refractivity (Wildman–Crippen MR) is 79.8 cm³/mol. The minimum Gasteiger partial charge on any atom is -0.396 e. The number of aromatic nitrogens is 2. The molecule has 1 unspecified atom stereocenters. The van der Waals surface area contributed by atoms with Gasteiger partial charge >= 0.3 is 0 Å². The average molecular weight is 291 g/mol. The van der Waals surface area contributed by atoms with Crippen LogP contribution in [0.1, 0.15) is 17.3 Å². The summed E-state index contributed by atoms with van der Waals surface area (Å²) in [6.07, 6.45) is 2.24. The fourth-order valence-electron chi connectivity index (χ4n) is 1.97. The standard InChI is InChI=1S/C13H13N3OS2/c17-5-3-10(11-2-1-6-18-11)16-12-9-4-7-19-13(9)15-8-14-12/h1-2,4,6-8,10,17H,3,5H2,(H,14,15,16). The number of nitrogens with one attached hydrogen (secondary N) is 1. The minimum atomic E-state index is 0.0861. The van der Waals surface area contributed by atoms with E-state index in [9.17, 15) is 5.11 Å². The van der Waals surface area contributed by atoms with Crippen molar-refractivity contribution in [2.45, 2.75) is 12.5 Å². The van der Waals surface area contributed by atoms with Crippen LogP contribution >= 0.6 is 22.7 Å². The fraction of sp³-hybridized carbons (Fsp3) is 0.231. The van der Waals surface area contributed by atoms with Gasteiger partial charge in [-0.3, -0.25) is 0 Å². The highest BCUT2D eigenvalue weighted by Gasteiger charge is 2.14. The molecule has 0 spiro atoms. The number of rotatable bonds is 5. The van der Waals surface area contributed by atoms with E-state index in [1.807, 2.05) is 22.9 Å². The third kappa shape index (κ3) is 2.60. The Labute approximate surface area is 118 Å². The van der Waals surface area contributed by atoms with E-state index in [1.165, 1.54) is 4.88 Å². The van der Waals surface area contributed by atoms with E-state index in [4.69, 9.17) is 0 Å². The average Bonchev–Trinajstić information content (AvgIpc) is 3.10. The van der Waals surface area contributed by atoms with Gasteiger partial charge in [-0.2, -0.15) is 0 Å². The molecule has 2 N–H and O–H groups in total. The van der Waals surface area contributed by atoms with Crippen molar-refractivity contribution in [3.63, 3.8) is 0 Å². The molecule has 3 heterocycles. The molecule has 0 aliphatic heterocycles. The van der Waals surface area contributed by atoms with E-state index >= 15 is 0 Å². The molecule has 1 atom stereocenters. The largest absolute Gasteiger partial charge is 0.396 e. The predicted octanol–water partition coefficient (Wildman–Crippen LogP) is 3.29. The molecular weight excluding hydrogens is 278 g/mol.